The number of benzene rings is 2. The molecule has 3 aromatic rings. The molecule has 0 radical (unpaired) electrons. The summed E-state index contributed by atoms with van der Waals surface area (Å²) in [5.74, 6) is -0.382. The van der Waals surface area contributed by atoms with E-state index in [1.807, 2.05) is 0 Å². The Labute approximate surface area is 168 Å². The van der Waals surface area contributed by atoms with E-state index in [0.717, 1.165) is 37.0 Å². The van der Waals surface area contributed by atoms with Crippen molar-refractivity contribution in [3.05, 3.63) is 64.6 Å². The molecule has 0 amide bonds. The summed E-state index contributed by atoms with van der Waals surface area (Å²) in [5.41, 5.74) is 1.87. The number of hydrogen-bond acceptors (Lipinski definition) is 3. The second kappa shape index (κ2) is 7.97. The summed E-state index contributed by atoms with van der Waals surface area (Å²) < 4.78 is 15.2. The van der Waals surface area contributed by atoms with E-state index in [-0.39, 0.29) is 30.0 Å². The van der Waals surface area contributed by atoms with Gasteiger partial charge in [-0.25, -0.2) is 4.39 Å². The SMILES string of the molecule is CN1CCC(c2nn(C(=O)c3ccc(Cl)cc3)c3cc(F)ccc23)CC1.Cl. The van der Waals surface area contributed by atoms with Gasteiger partial charge in [-0.05, 0) is 69.4 Å². The molecule has 0 saturated carbocycles. The molecule has 142 valence electrons. The molecule has 2 aromatic carbocycles. The quantitative estimate of drug-likeness (QED) is 0.615. The number of hydrogen-bond donors (Lipinski definition) is 0. The first-order valence-corrected chi connectivity index (χ1v) is 9.08. The number of nitrogens with zero attached hydrogens (tertiary/aromatic N) is 3. The van der Waals surface area contributed by atoms with Gasteiger partial charge in [-0.2, -0.15) is 9.78 Å². The number of likely N-dealkylation sites (tertiary alicyclic amines) is 1. The van der Waals surface area contributed by atoms with E-state index >= 15 is 0 Å². The minimum atomic E-state index is -0.377. The van der Waals surface area contributed by atoms with Crippen molar-refractivity contribution in [2.45, 2.75) is 18.8 Å². The van der Waals surface area contributed by atoms with Crippen LogP contribution in [0.4, 0.5) is 4.39 Å². The molecular weight excluding hydrogens is 388 g/mol. The lowest BCUT2D eigenvalue weighted by molar-refractivity contribution is 0.0949. The van der Waals surface area contributed by atoms with Crippen LogP contribution in [0.5, 0.6) is 0 Å². The first kappa shape index (κ1) is 19.8. The third-order valence-corrected chi connectivity index (χ3v) is 5.31. The van der Waals surface area contributed by atoms with Gasteiger partial charge in [0.2, 0.25) is 0 Å². The highest BCUT2D eigenvalue weighted by atomic mass is 35.5. The molecule has 0 aliphatic carbocycles. The highest BCUT2D eigenvalue weighted by molar-refractivity contribution is 6.30. The molecule has 0 unspecified atom stereocenters. The van der Waals surface area contributed by atoms with Gasteiger partial charge in [-0.3, -0.25) is 4.79 Å². The Kier molecular flexibility index (Phi) is 5.84. The Balaban J connectivity index is 0.00000210. The normalized spacial score (nSPS) is 15.7. The van der Waals surface area contributed by atoms with Crippen LogP contribution in [-0.4, -0.2) is 40.7 Å². The topological polar surface area (TPSA) is 38.1 Å². The average molecular weight is 408 g/mol. The zero-order chi connectivity index (χ0) is 18.3. The number of piperidine rings is 1. The second-order valence-electron chi connectivity index (χ2n) is 6.85. The predicted octanol–water partition coefficient (Wildman–Crippen LogP) is 4.75. The highest BCUT2D eigenvalue weighted by Crippen LogP contribution is 2.32. The van der Waals surface area contributed by atoms with Crippen LogP contribution in [0.3, 0.4) is 0 Å². The van der Waals surface area contributed by atoms with Crippen molar-refractivity contribution in [2.75, 3.05) is 20.1 Å². The standard InChI is InChI=1S/C20H19ClFN3O.ClH/c1-24-10-8-13(9-11-24)19-17-7-6-16(22)12-18(17)25(23-19)20(26)14-2-4-15(21)5-3-14;/h2-7,12-13H,8-11H2,1H3;1H. The number of halogens is 3. The fraction of sp³-hybridized carbons (Fsp3) is 0.300. The van der Waals surface area contributed by atoms with E-state index in [0.29, 0.717) is 16.1 Å². The minimum absolute atomic E-state index is 0. The number of aromatic nitrogens is 2. The lowest BCUT2D eigenvalue weighted by atomic mass is 9.92. The van der Waals surface area contributed by atoms with Crippen LogP contribution in [-0.2, 0) is 0 Å². The molecule has 1 saturated heterocycles. The first-order chi connectivity index (χ1) is 12.5. The van der Waals surface area contributed by atoms with E-state index in [1.165, 1.54) is 16.8 Å². The largest absolute Gasteiger partial charge is 0.306 e. The molecule has 1 fully saturated rings. The summed E-state index contributed by atoms with van der Waals surface area (Å²) >= 11 is 5.91. The fourth-order valence-electron chi connectivity index (χ4n) is 3.57. The van der Waals surface area contributed by atoms with Gasteiger partial charge in [0.15, 0.2) is 0 Å². The Morgan fingerprint density at radius 1 is 1.15 bits per heavy atom. The van der Waals surface area contributed by atoms with Crippen molar-refractivity contribution in [2.24, 2.45) is 0 Å². The molecule has 1 aromatic heterocycles. The molecular formula is C20H20Cl2FN3O. The molecule has 1 aliphatic rings. The van der Waals surface area contributed by atoms with Crippen LogP contribution in [0.2, 0.25) is 5.02 Å². The van der Waals surface area contributed by atoms with Crippen LogP contribution in [0.25, 0.3) is 10.9 Å². The summed E-state index contributed by atoms with van der Waals surface area (Å²) in [6.45, 7) is 1.98. The Morgan fingerprint density at radius 2 is 1.81 bits per heavy atom. The van der Waals surface area contributed by atoms with Crippen molar-refractivity contribution >= 4 is 40.8 Å². The van der Waals surface area contributed by atoms with E-state index in [9.17, 15) is 9.18 Å². The van der Waals surface area contributed by atoms with Crippen LogP contribution < -0.4 is 0 Å². The van der Waals surface area contributed by atoms with Gasteiger partial charge in [0.05, 0.1) is 11.2 Å². The molecule has 1 aliphatic heterocycles. The smallest absolute Gasteiger partial charge is 0.278 e. The highest BCUT2D eigenvalue weighted by Gasteiger charge is 2.26. The van der Waals surface area contributed by atoms with Crippen molar-refractivity contribution in [3.63, 3.8) is 0 Å². The molecule has 4 rings (SSSR count). The molecule has 2 heterocycles. The van der Waals surface area contributed by atoms with Gasteiger partial charge in [-0.1, -0.05) is 11.6 Å². The van der Waals surface area contributed by atoms with Crippen molar-refractivity contribution in [1.82, 2.24) is 14.7 Å². The third-order valence-electron chi connectivity index (χ3n) is 5.06. The molecule has 0 atom stereocenters. The van der Waals surface area contributed by atoms with Crippen LogP contribution in [0.1, 0.15) is 34.8 Å². The molecule has 0 bridgehead atoms. The maximum atomic E-state index is 13.9. The van der Waals surface area contributed by atoms with Crippen molar-refractivity contribution < 1.29 is 9.18 Å². The van der Waals surface area contributed by atoms with E-state index in [1.54, 1.807) is 30.3 Å². The summed E-state index contributed by atoms with van der Waals surface area (Å²) in [6.07, 6.45) is 1.96. The molecule has 7 heteroatoms. The van der Waals surface area contributed by atoms with E-state index in [2.05, 4.69) is 17.0 Å². The van der Waals surface area contributed by atoms with Gasteiger partial charge < -0.3 is 4.90 Å². The van der Waals surface area contributed by atoms with Gasteiger partial charge in [-0.15, -0.1) is 12.4 Å². The monoisotopic (exact) mass is 407 g/mol. The van der Waals surface area contributed by atoms with Gasteiger partial charge in [0.25, 0.3) is 5.91 Å². The van der Waals surface area contributed by atoms with Gasteiger partial charge >= 0.3 is 0 Å². The zero-order valence-corrected chi connectivity index (χ0v) is 16.4. The maximum absolute atomic E-state index is 13.9. The fourth-order valence-corrected chi connectivity index (χ4v) is 3.69. The van der Waals surface area contributed by atoms with Gasteiger partial charge in [0, 0.05) is 28.0 Å². The number of carbonyl (C=O) groups excluding carboxylic acids is 1. The molecule has 4 nitrogen and oxygen atoms in total. The molecule has 27 heavy (non-hydrogen) atoms. The predicted molar refractivity (Wildman–Crippen MR) is 108 cm³/mol. The minimum Gasteiger partial charge on any atom is -0.306 e. The molecule has 0 spiro atoms. The Hall–Kier alpha value is -1.95. The van der Waals surface area contributed by atoms with Crippen LogP contribution in [0.15, 0.2) is 42.5 Å². The first-order valence-electron chi connectivity index (χ1n) is 8.70. The Morgan fingerprint density at radius 3 is 2.48 bits per heavy atom. The number of fused-ring (bicyclic) bond motifs is 1. The third kappa shape index (κ3) is 3.86. The van der Waals surface area contributed by atoms with Gasteiger partial charge in [0.1, 0.15) is 5.82 Å². The number of carbonyl (C=O) groups is 1. The maximum Gasteiger partial charge on any atom is 0.278 e. The van der Waals surface area contributed by atoms with Crippen LogP contribution in [0, 0.1) is 5.82 Å². The van der Waals surface area contributed by atoms with Crippen molar-refractivity contribution in [3.8, 4) is 0 Å². The van der Waals surface area contributed by atoms with Crippen molar-refractivity contribution in [1.29, 1.82) is 0 Å². The summed E-state index contributed by atoms with van der Waals surface area (Å²) in [4.78, 5) is 15.2. The second-order valence-corrected chi connectivity index (χ2v) is 7.28. The summed E-state index contributed by atoms with van der Waals surface area (Å²) in [6, 6.07) is 11.2. The van der Waals surface area contributed by atoms with Crippen LogP contribution >= 0.6 is 24.0 Å². The Bertz CT molecular complexity index is 963. The zero-order valence-electron chi connectivity index (χ0n) is 14.9. The number of rotatable bonds is 2. The van der Waals surface area contributed by atoms with E-state index < -0.39 is 0 Å². The lowest BCUT2D eigenvalue weighted by Gasteiger charge is -2.28. The van der Waals surface area contributed by atoms with E-state index in [4.69, 9.17) is 11.6 Å². The lowest BCUT2D eigenvalue weighted by Crippen LogP contribution is -2.29. The summed E-state index contributed by atoms with van der Waals surface area (Å²) in [7, 11) is 2.10. The summed E-state index contributed by atoms with van der Waals surface area (Å²) in [5, 5.41) is 6.04. The molecule has 0 N–H and O–H groups in total. The average Bonchev–Trinajstić information content (AvgIpc) is 3.01.